The van der Waals surface area contributed by atoms with Gasteiger partial charge in [-0.05, 0) is 34.1 Å². The van der Waals surface area contributed by atoms with Crippen molar-refractivity contribution >= 4 is 27.6 Å². The van der Waals surface area contributed by atoms with E-state index in [0.29, 0.717) is 10.2 Å². The number of carboxylic acids is 1. The number of carboxylic acid groups (broad SMARTS) is 1. The van der Waals surface area contributed by atoms with Crippen LogP contribution in [0.3, 0.4) is 0 Å². The maximum Gasteiger partial charge on any atom is 0.306 e. The number of carbonyl (C=O) groups is 1. The van der Waals surface area contributed by atoms with Gasteiger partial charge < -0.3 is 15.5 Å². The molecular formula is C10H11BrFNO3. The van der Waals surface area contributed by atoms with Gasteiger partial charge in [0.1, 0.15) is 5.82 Å². The molecule has 1 unspecified atom stereocenters. The van der Waals surface area contributed by atoms with Crippen molar-refractivity contribution in [2.45, 2.75) is 12.5 Å². The summed E-state index contributed by atoms with van der Waals surface area (Å²) in [6, 6.07) is 4.30. The van der Waals surface area contributed by atoms with Crippen molar-refractivity contribution in [1.29, 1.82) is 0 Å². The van der Waals surface area contributed by atoms with Crippen LogP contribution in [-0.2, 0) is 4.79 Å². The molecule has 0 aliphatic rings. The molecule has 0 fully saturated rings. The van der Waals surface area contributed by atoms with Gasteiger partial charge in [-0.15, -0.1) is 0 Å². The van der Waals surface area contributed by atoms with Crippen LogP contribution in [0.25, 0.3) is 0 Å². The molecule has 88 valence electrons. The van der Waals surface area contributed by atoms with Crippen molar-refractivity contribution in [3.8, 4) is 0 Å². The SMILES string of the molecule is O=C(O)CC(O)CNc1ccc(F)c(Br)c1. The van der Waals surface area contributed by atoms with Crippen LogP contribution >= 0.6 is 15.9 Å². The third-order valence-electron chi connectivity index (χ3n) is 1.87. The molecule has 0 aromatic heterocycles. The van der Waals surface area contributed by atoms with Gasteiger partial charge in [0, 0.05) is 12.2 Å². The maximum absolute atomic E-state index is 12.9. The Hall–Kier alpha value is -1.14. The van der Waals surface area contributed by atoms with E-state index in [-0.39, 0.29) is 18.8 Å². The predicted octanol–water partition coefficient (Wildman–Crippen LogP) is 1.84. The van der Waals surface area contributed by atoms with Crippen LogP contribution in [0.15, 0.2) is 22.7 Å². The molecule has 3 N–H and O–H groups in total. The Balaban J connectivity index is 2.48. The average Bonchev–Trinajstić information content (AvgIpc) is 2.19. The number of aliphatic hydroxyl groups is 1. The van der Waals surface area contributed by atoms with Crippen LogP contribution in [0.5, 0.6) is 0 Å². The molecule has 0 aliphatic heterocycles. The van der Waals surface area contributed by atoms with Gasteiger partial charge in [0.15, 0.2) is 0 Å². The quantitative estimate of drug-likeness (QED) is 0.774. The minimum atomic E-state index is -1.06. The molecule has 1 aromatic carbocycles. The molecule has 0 amide bonds. The van der Waals surface area contributed by atoms with Crippen LogP contribution in [-0.4, -0.2) is 28.8 Å². The first kappa shape index (κ1) is 12.9. The fourth-order valence-electron chi connectivity index (χ4n) is 1.12. The van der Waals surface area contributed by atoms with E-state index < -0.39 is 12.1 Å². The predicted molar refractivity (Wildman–Crippen MR) is 60.8 cm³/mol. The number of nitrogens with one attached hydrogen (secondary N) is 1. The van der Waals surface area contributed by atoms with Crippen LogP contribution in [0.1, 0.15) is 6.42 Å². The molecule has 1 aromatic rings. The summed E-state index contributed by atoms with van der Waals surface area (Å²) in [5, 5.41) is 20.5. The van der Waals surface area contributed by atoms with E-state index >= 15 is 0 Å². The molecule has 0 saturated carbocycles. The molecular weight excluding hydrogens is 281 g/mol. The van der Waals surface area contributed by atoms with Crippen LogP contribution in [0.4, 0.5) is 10.1 Å². The van der Waals surface area contributed by atoms with E-state index in [9.17, 15) is 14.3 Å². The van der Waals surface area contributed by atoms with Crippen molar-refractivity contribution in [2.24, 2.45) is 0 Å². The van der Waals surface area contributed by atoms with E-state index in [4.69, 9.17) is 5.11 Å². The zero-order chi connectivity index (χ0) is 12.1. The lowest BCUT2D eigenvalue weighted by Gasteiger charge is -2.11. The van der Waals surface area contributed by atoms with E-state index in [1.165, 1.54) is 18.2 Å². The molecule has 16 heavy (non-hydrogen) atoms. The number of hydrogen-bond donors (Lipinski definition) is 3. The number of aliphatic carboxylic acids is 1. The minimum Gasteiger partial charge on any atom is -0.481 e. The molecule has 0 bridgehead atoms. The summed E-state index contributed by atoms with van der Waals surface area (Å²) in [5.74, 6) is -1.44. The third-order valence-corrected chi connectivity index (χ3v) is 2.48. The molecule has 6 heteroatoms. The number of benzene rings is 1. The molecule has 1 rings (SSSR count). The van der Waals surface area contributed by atoms with Gasteiger partial charge in [-0.1, -0.05) is 0 Å². The number of halogens is 2. The van der Waals surface area contributed by atoms with Gasteiger partial charge in [-0.2, -0.15) is 0 Å². The zero-order valence-corrected chi connectivity index (χ0v) is 9.87. The highest BCUT2D eigenvalue weighted by molar-refractivity contribution is 9.10. The standard InChI is InChI=1S/C10H11BrFNO3/c11-8-3-6(1-2-9(8)12)13-5-7(14)4-10(15)16/h1-3,7,13-14H,4-5H2,(H,15,16). The highest BCUT2D eigenvalue weighted by Gasteiger charge is 2.09. The molecule has 0 radical (unpaired) electrons. The van der Waals surface area contributed by atoms with E-state index in [1.807, 2.05) is 0 Å². The Morgan fingerprint density at radius 2 is 2.25 bits per heavy atom. The Labute approximate surface area is 100 Å². The summed E-state index contributed by atoms with van der Waals surface area (Å²) in [6.45, 7) is 0.102. The number of aliphatic hydroxyl groups excluding tert-OH is 1. The van der Waals surface area contributed by atoms with Crippen LogP contribution in [0, 0.1) is 5.82 Å². The fourth-order valence-corrected chi connectivity index (χ4v) is 1.49. The Bertz CT molecular complexity index is 386. The molecule has 1 atom stereocenters. The highest BCUT2D eigenvalue weighted by atomic mass is 79.9. The summed E-state index contributed by atoms with van der Waals surface area (Å²) in [6.07, 6.45) is -1.30. The summed E-state index contributed by atoms with van der Waals surface area (Å²) in [4.78, 5) is 10.3. The first-order valence-corrected chi connectivity index (χ1v) is 5.37. The topological polar surface area (TPSA) is 69.6 Å². The maximum atomic E-state index is 12.9. The lowest BCUT2D eigenvalue weighted by molar-refractivity contribution is -0.138. The summed E-state index contributed by atoms with van der Waals surface area (Å²) in [7, 11) is 0. The lowest BCUT2D eigenvalue weighted by atomic mass is 10.2. The van der Waals surface area contributed by atoms with E-state index in [0.717, 1.165) is 0 Å². The van der Waals surface area contributed by atoms with Gasteiger partial charge in [0.2, 0.25) is 0 Å². The average molecular weight is 292 g/mol. The summed E-state index contributed by atoms with van der Waals surface area (Å²) in [5.41, 5.74) is 0.609. The largest absolute Gasteiger partial charge is 0.481 e. The van der Waals surface area contributed by atoms with Crippen LogP contribution < -0.4 is 5.32 Å². The molecule has 0 saturated heterocycles. The summed E-state index contributed by atoms with van der Waals surface area (Å²) < 4.78 is 13.2. The highest BCUT2D eigenvalue weighted by Crippen LogP contribution is 2.19. The van der Waals surface area contributed by atoms with Crippen molar-refractivity contribution in [1.82, 2.24) is 0 Å². The van der Waals surface area contributed by atoms with E-state index in [1.54, 1.807) is 0 Å². The van der Waals surface area contributed by atoms with Crippen molar-refractivity contribution in [2.75, 3.05) is 11.9 Å². The van der Waals surface area contributed by atoms with Crippen molar-refractivity contribution in [3.05, 3.63) is 28.5 Å². The smallest absolute Gasteiger partial charge is 0.306 e. The lowest BCUT2D eigenvalue weighted by Crippen LogP contribution is -2.22. The molecule has 4 nitrogen and oxygen atoms in total. The van der Waals surface area contributed by atoms with Gasteiger partial charge in [-0.25, -0.2) is 4.39 Å². The van der Waals surface area contributed by atoms with Crippen molar-refractivity contribution < 1.29 is 19.4 Å². The fraction of sp³-hybridized carbons (Fsp3) is 0.300. The summed E-state index contributed by atoms with van der Waals surface area (Å²) >= 11 is 3.02. The Kier molecular flexibility index (Phi) is 4.70. The van der Waals surface area contributed by atoms with Gasteiger partial charge in [0.05, 0.1) is 17.0 Å². The molecule has 0 aliphatic carbocycles. The number of rotatable bonds is 5. The number of hydrogen-bond acceptors (Lipinski definition) is 3. The van der Waals surface area contributed by atoms with Gasteiger partial charge >= 0.3 is 5.97 Å². The zero-order valence-electron chi connectivity index (χ0n) is 8.28. The number of anilines is 1. The van der Waals surface area contributed by atoms with Crippen LogP contribution in [0.2, 0.25) is 0 Å². The second kappa shape index (κ2) is 5.81. The first-order valence-electron chi connectivity index (χ1n) is 4.58. The first-order chi connectivity index (χ1) is 7.49. The Morgan fingerprint density at radius 1 is 1.56 bits per heavy atom. The molecule has 0 spiro atoms. The molecule has 0 heterocycles. The monoisotopic (exact) mass is 291 g/mol. The second-order valence-corrected chi connectivity index (χ2v) is 4.12. The van der Waals surface area contributed by atoms with Gasteiger partial charge in [0.25, 0.3) is 0 Å². The van der Waals surface area contributed by atoms with Gasteiger partial charge in [-0.3, -0.25) is 4.79 Å². The third kappa shape index (κ3) is 4.16. The van der Waals surface area contributed by atoms with E-state index in [2.05, 4.69) is 21.2 Å². The van der Waals surface area contributed by atoms with Crippen molar-refractivity contribution in [3.63, 3.8) is 0 Å². The second-order valence-electron chi connectivity index (χ2n) is 3.26. The normalized spacial score (nSPS) is 12.2. The Morgan fingerprint density at radius 3 is 2.81 bits per heavy atom. The minimum absolute atomic E-state index is 0.102.